The number of hydrogen-bond acceptors (Lipinski definition) is 3. The highest BCUT2D eigenvalue weighted by Crippen LogP contribution is 2.11. The lowest BCUT2D eigenvalue weighted by Gasteiger charge is -2.11. The van der Waals surface area contributed by atoms with E-state index in [2.05, 4.69) is 10.3 Å². The van der Waals surface area contributed by atoms with Crippen LogP contribution in [0.5, 0.6) is 0 Å². The lowest BCUT2D eigenvalue weighted by atomic mass is 10.3. The predicted molar refractivity (Wildman–Crippen MR) is 39.8 cm³/mol. The lowest BCUT2D eigenvalue weighted by molar-refractivity contribution is 0.787. The van der Waals surface area contributed by atoms with Crippen LogP contribution in [-0.4, -0.2) is 11.8 Å². The molecule has 3 nitrogen and oxygen atoms in total. The molecule has 0 amide bonds. The van der Waals surface area contributed by atoms with Crippen LogP contribution in [0.15, 0.2) is 15.7 Å². The second kappa shape index (κ2) is 2.91. The zero-order valence-electron chi connectivity index (χ0n) is 4.81. The van der Waals surface area contributed by atoms with E-state index in [-0.39, 0.29) is 5.16 Å². The van der Waals surface area contributed by atoms with E-state index in [1.165, 1.54) is 6.21 Å². The van der Waals surface area contributed by atoms with Gasteiger partial charge in [-0.05, 0) is 0 Å². The Morgan fingerprint density at radius 2 is 2.50 bits per heavy atom. The van der Waals surface area contributed by atoms with Gasteiger partial charge in [-0.1, -0.05) is 23.2 Å². The maximum absolute atomic E-state index is 8.38. The second-order valence-electron chi connectivity index (χ2n) is 1.60. The number of nitrogens with one attached hydrogen (secondary N) is 1. The molecule has 1 heterocycles. The molecule has 0 radical (unpaired) electrons. The van der Waals surface area contributed by atoms with Crippen molar-refractivity contribution in [1.29, 1.82) is 5.26 Å². The minimum Gasteiger partial charge on any atom is -0.341 e. The van der Waals surface area contributed by atoms with Crippen molar-refractivity contribution in [3.8, 4) is 6.07 Å². The first-order valence-corrected chi connectivity index (χ1v) is 3.29. The number of nitriles is 1. The molecule has 0 spiro atoms. The van der Waals surface area contributed by atoms with E-state index in [0.717, 1.165) is 0 Å². The quantitative estimate of drug-likeness (QED) is 0.444. The molecule has 0 aliphatic carbocycles. The molecule has 0 fully saturated rings. The van der Waals surface area contributed by atoms with Crippen molar-refractivity contribution < 1.29 is 0 Å². The minimum atomic E-state index is -0.551. The van der Waals surface area contributed by atoms with Gasteiger partial charge in [-0.25, -0.2) is 0 Å². The van der Waals surface area contributed by atoms with Crippen molar-refractivity contribution in [2.24, 2.45) is 4.99 Å². The fourth-order valence-electron chi connectivity index (χ4n) is 0.494. The molecular formula is C5H3Cl2N3. The van der Waals surface area contributed by atoms with Crippen LogP contribution in [0.25, 0.3) is 0 Å². The molecule has 0 aromatic rings. The SMILES string of the molecule is N#CC1=C(Cl)NC(Cl)N=C1. The van der Waals surface area contributed by atoms with Gasteiger partial charge in [0.2, 0.25) is 0 Å². The van der Waals surface area contributed by atoms with Gasteiger partial charge in [-0.3, -0.25) is 4.99 Å². The third-order valence-corrected chi connectivity index (χ3v) is 1.47. The predicted octanol–water partition coefficient (Wildman–Crippen LogP) is 1.16. The van der Waals surface area contributed by atoms with Crippen molar-refractivity contribution in [3.05, 3.63) is 10.7 Å². The van der Waals surface area contributed by atoms with Gasteiger partial charge in [0.1, 0.15) is 16.8 Å². The monoisotopic (exact) mass is 175 g/mol. The smallest absolute Gasteiger partial charge is 0.196 e. The number of allylic oxidation sites excluding steroid dienone is 1. The van der Waals surface area contributed by atoms with Crippen LogP contribution >= 0.6 is 23.2 Å². The molecule has 10 heavy (non-hydrogen) atoms. The summed E-state index contributed by atoms with van der Waals surface area (Å²) in [5.74, 6) is 0. The minimum absolute atomic E-state index is 0.248. The summed E-state index contributed by atoms with van der Waals surface area (Å²) in [4.78, 5) is 3.70. The number of alkyl halides is 1. The molecule has 5 heteroatoms. The van der Waals surface area contributed by atoms with Crippen molar-refractivity contribution in [2.45, 2.75) is 5.62 Å². The van der Waals surface area contributed by atoms with E-state index in [4.69, 9.17) is 28.5 Å². The summed E-state index contributed by atoms with van der Waals surface area (Å²) in [7, 11) is 0. The van der Waals surface area contributed by atoms with Crippen molar-refractivity contribution >= 4 is 29.4 Å². The largest absolute Gasteiger partial charge is 0.341 e. The topological polar surface area (TPSA) is 48.2 Å². The zero-order valence-corrected chi connectivity index (χ0v) is 6.32. The van der Waals surface area contributed by atoms with E-state index < -0.39 is 5.62 Å². The Kier molecular flexibility index (Phi) is 2.15. The summed E-state index contributed by atoms with van der Waals surface area (Å²) in [6.07, 6.45) is 1.34. The van der Waals surface area contributed by atoms with Gasteiger partial charge in [0.25, 0.3) is 0 Å². The molecule has 0 aromatic heterocycles. The van der Waals surface area contributed by atoms with Gasteiger partial charge in [-0.15, -0.1) is 0 Å². The first kappa shape index (κ1) is 7.39. The number of nitrogens with zero attached hydrogens (tertiary/aromatic N) is 2. The normalized spacial score (nSPS) is 23.9. The Morgan fingerprint density at radius 1 is 1.80 bits per heavy atom. The Labute approximate surface area is 67.9 Å². The fraction of sp³-hybridized carbons (Fsp3) is 0.200. The third kappa shape index (κ3) is 1.41. The van der Waals surface area contributed by atoms with Gasteiger partial charge in [-0.2, -0.15) is 5.26 Å². The fourth-order valence-corrected chi connectivity index (χ4v) is 0.910. The van der Waals surface area contributed by atoms with Crippen LogP contribution in [0, 0.1) is 11.3 Å². The van der Waals surface area contributed by atoms with Crippen LogP contribution in [0.3, 0.4) is 0 Å². The van der Waals surface area contributed by atoms with Crippen LogP contribution < -0.4 is 5.32 Å². The highest BCUT2D eigenvalue weighted by atomic mass is 35.5. The summed E-state index contributed by atoms with van der Waals surface area (Å²) >= 11 is 11.0. The maximum atomic E-state index is 8.38. The summed E-state index contributed by atoms with van der Waals surface area (Å²) in [5, 5.41) is 11.2. The highest BCUT2D eigenvalue weighted by molar-refractivity contribution is 6.32. The van der Waals surface area contributed by atoms with Crippen molar-refractivity contribution in [2.75, 3.05) is 0 Å². The van der Waals surface area contributed by atoms with Crippen LogP contribution in [0.1, 0.15) is 0 Å². The van der Waals surface area contributed by atoms with Crippen LogP contribution in [-0.2, 0) is 0 Å². The van der Waals surface area contributed by atoms with E-state index >= 15 is 0 Å². The van der Waals surface area contributed by atoms with Crippen molar-refractivity contribution in [3.63, 3.8) is 0 Å². The molecule has 0 saturated heterocycles. The Bertz CT molecular complexity index is 238. The van der Waals surface area contributed by atoms with Crippen LogP contribution in [0.2, 0.25) is 0 Å². The second-order valence-corrected chi connectivity index (χ2v) is 2.39. The molecule has 1 N–H and O–H groups in total. The molecular weight excluding hydrogens is 173 g/mol. The Balaban J connectivity index is 2.86. The number of rotatable bonds is 0. The zero-order chi connectivity index (χ0) is 7.56. The summed E-state index contributed by atoms with van der Waals surface area (Å²) in [5.41, 5.74) is -0.247. The first-order valence-electron chi connectivity index (χ1n) is 2.47. The number of aliphatic imine (C=N–C) groups is 1. The summed E-state index contributed by atoms with van der Waals surface area (Å²) < 4.78 is 0. The van der Waals surface area contributed by atoms with E-state index in [0.29, 0.717) is 5.57 Å². The average molecular weight is 176 g/mol. The molecule has 0 saturated carbocycles. The average Bonchev–Trinajstić information content (AvgIpc) is 1.88. The summed E-state index contributed by atoms with van der Waals surface area (Å²) in [6.45, 7) is 0. The van der Waals surface area contributed by atoms with Gasteiger partial charge < -0.3 is 5.32 Å². The molecule has 1 aliphatic heterocycles. The van der Waals surface area contributed by atoms with Gasteiger partial charge >= 0.3 is 0 Å². The molecule has 1 aliphatic rings. The highest BCUT2D eigenvalue weighted by Gasteiger charge is 2.10. The first-order chi connectivity index (χ1) is 4.74. The molecule has 0 bridgehead atoms. The molecule has 1 unspecified atom stereocenters. The molecule has 52 valence electrons. The van der Waals surface area contributed by atoms with Crippen molar-refractivity contribution in [1.82, 2.24) is 5.32 Å². The van der Waals surface area contributed by atoms with Gasteiger partial charge in [0.15, 0.2) is 5.62 Å². The Morgan fingerprint density at radius 3 is 3.00 bits per heavy atom. The summed E-state index contributed by atoms with van der Waals surface area (Å²) in [6, 6.07) is 1.85. The van der Waals surface area contributed by atoms with Gasteiger partial charge in [0.05, 0.1) is 0 Å². The number of hydrogen-bond donors (Lipinski definition) is 1. The maximum Gasteiger partial charge on any atom is 0.196 e. The van der Waals surface area contributed by atoms with E-state index in [1.54, 1.807) is 0 Å². The molecule has 1 atom stereocenters. The van der Waals surface area contributed by atoms with Gasteiger partial charge in [0, 0.05) is 6.21 Å². The van der Waals surface area contributed by atoms with E-state index in [9.17, 15) is 0 Å². The van der Waals surface area contributed by atoms with E-state index in [1.807, 2.05) is 6.07 Å². The Hall–Kier alpha value is -0.720. The van der Waals surface area contributed by atoms with Crippen LogP contribution in [0.4, 0.5) is 0 Å². The lowest BCUT2D eigenvalue weighted by Crippen LogP contribution is -2.23. The molecule has 0 aromatic carbocycles. The third-order valence-electron chi connectivity index (χ3n) is 0.937. The standard InChI is InChI=1S/C5H3Cl2N3/c6-4-3(1-8)2-9-5(7)10-4/h2,5,10H. The number of halogens is 2. The molecule has 1 rings (SSSR count).